The van der Waals surface area contributed by atoms with Crippen molar-refractivity contribution < 1.29 is 16.8 Å². The predicted octanol–water partition coefficient (Wildman–Crippen LogP) is 1.67. The quantitative estimate of drug-likeness (QED) is 0.805. The van der Waals surface area contributed by atoms with Gasteiger partial charge in [-0.05, 0) is 24.3 Å². The van der Waals surface area contributed by atoms with Gasteiger partial charge in [0.2, 0.25) is 0 Å². The van der Waals surface area contributed by atoms with Crippen molar-refractivity contribution in [3.8, 4) is 0 Å². The van der Waals surface area contributed by atoms with E-state index in [-0.39, 0.29) is 23.5 Å². The number of anilines is 2. The molecular weight excluding hydrogens is 348 g/mol. The number of hydrogen-bond donors (Lipinski definition) is 0. The van der Waals surface area contributed by atoms with Crippen LogP contribution in [0.1, 0.15) is 0 Å². The minimum atomic E-state index is -3.50. The molecule has 24 heavy (non-hydrogen) atoms. The Morgan fingerprint density at radius 2 is 0.833 bits per heavy atom. The van der Waals surface area contributed by atoms with Crippen molar-refractivity contribution in [3.63, 3.8) is 0 Å². The lowest BCUT2D eigenvalue weighted by Crippen LogP contribution is -2.46. The Balaban J connectivity index is 1.95. The maximum absolute atomic E-state index is 12.5. The maximum atomic E-state index is 12.5. The van der Waals surface area contributed by atoms with E-state index in [0.717, 1.165) is 0 Å². The number of hydrogen-bond acceptors (Lipinski definition) is 6. The molecule has 2 aromatic rings. The van der Waals surface area contributed by atoms with Gasteiger partial charge in [0.25, 0.3) is 0 Å². The highest BCUT2D eigenvalue weighted by Gasteiger charge is 2.31. The second-order valence-corrected chi connectivity index (χ2v) is 9.76. The summed E-state index contributed by atoms with van der Waals surface area (Å²) in [5, 5.41) is 0. The number of sulfone groups is 2. The second-order valence-electron chi connectivity index (χ2n) is 5.75. The molecule has 128 valence electrons. The number of rotatable bonds is 2. The van der Waals surface area contributed by atoms with Gasteiger partial charge in [-0.2, -0.15) is 0 Å². The Bertz CT molecular complexity index is 796. The molecule has 0 spiro atoms. The lowest BCUT2D eigenvalue weighted by Gasteiger charge is -2.32. The van der Waals surface area contributed by atoms with Crippen molar-refractivity contribution in [2.75, 3.05) is 33.3 Å². The minimum Gasteiger partial charge on any atom is -0.343 e. The van der Waals surface area contributed by atoms with Crippen LogP contribution in [-0.2, 0) is 19.7 Å². The molecule has 6 nitrogen and oxygen atoms in total. The standard InChI is InChI=1S/C16H18N2O4S2/c19-23(20)11-17(15-7-3-1-4-8-15)12-24(21,22)14-18(13-23)16-9-5-2-6-10-16/h1-10H,11-14H2. The predicted molar refractivity (Wildman–Crippen MR) is 95.1 cm³/mol. The number of benzene rings is 2. The Hall–Kier alpha value is -2.06. The molecule has 0 radical (unpaired) electrons. The van der Waals surface area contributed by atoms with E-state index in [0.29, 0.717) is 11.4 Å². The van der Waals surface area contributed by atoms with Gasteiger partial charge in [-0.25, -0.2) is 16.8 Å². The van der Waals surface area contributed by atoms with Crippen LogP contribution in [0, 0.1) is 0 Å². The molecule has 2 aromatic carbocycles. The van der Waals surface area contributed by atoms with Crippen LogP contribution < -0.4 is 9.80 Å². The van der Waals surface area contributed by atoms with Crippen LogP contribution in [0.15, 0.2) is 60.7 Å². The average molecular weight is 366 g/mol. The highest BCUT2D eigenvalue weighted by molar-refractivity contribution is 7.93. The molecule has 0 aliphatic carbocycles. The zero-order chi connectivity index (χ0) is 17.2. The van der Waals surface area contributed by atoms with Crippen molar-refractivity contribution in [1.29, 1.82) is 0 Å². The van der Waals surface area contributed by atoms with Crippen LogP contribution in [0.4, 0.5) is 11.4 Å². The van der Waals surface area contributed by atoms with E-state index in [4.69, 9.17) is 0 Å². The zero-order valence-electron chi connectivity index (χ0n) is 12.9. The molecule has 0 aromatic heterocycles. The van der Waals surface area contributed by atoms with Crippen LogP contribution in [-0.4, -0.2) is 40.3 Å². The maximum Gasteiger partial charge on any atom is 0.186 e. The lowest BCUT2D eigenvalue weighted by atomic mass is 10.3. The Labute approximate surface area is 142 Å². The third-order valence-corrected chi connectivity index (χ3v) is 6.47. The molecule has 1 fully saturated rings. The first-order valence-corrected chi connectivity index (χ1v) is 11.0. The van der Waals surface area contributed by atoms with E-state index in [1.807, 2.05) is 0 Å². The van der Waals surface area contributed by atoms with E-state index in [9.17, 15) is 16.8 Å². The smallest absolute Gasteiger partial charge is 0.186 e. The van der Waals surface area contributed by atoms with Gasteiger partial charge in [-0.1, -0.05) is 36.4 Å². The molecule has 1 aliphatic rings. The number of para-hydroxylation sites is 2. The van der Waals surface area contributed by atoms with Gasteiger partial charge < -0.3 is 9.80 Å². The van der Waals surface area contributed by atoms with Gasteiger partial charge in [-0.3, -0.25) is 0 Å². The Kier molecular flexibility index (Phi) is 4.51. The monoisotopic (exact) mass is 366 g/mol. The highest BCUT2D eigenvalue weighted by atomic mass is 32.2. The van der Waals surface area contributed by atoms with E-state index in [1.54, 1.807) is 60.7 Å². The van der Waals surface area contributed by atoms with Gasteiger partial charge in [0.1, 0.15) is 23.5 Å². The van der Waals surface area contributed by atoms with Crippen LogP contribution in [0.5, 0.6) is 0 Å². The summed E-state index contributed by atoms with van der Waals surface area (Å²) in [6, 6.07) is 17.5. The molecule has 0 bridgehead atoms. The minimum absolute atomic E-state index is 0.334. The molecule has 0 unspecified atom stereocenters. The normalized spacial score (nSPS) is 20.2. The molecular formula is C16H18N2O4S2. The third-order valence-electron chi connectivity index (χ3n) is 3.65. The molecule has 0 N–H and O–H groups in total. The third kappa shape index (κ3) is 4.07. The molecule has 1 saturated heterocycles. The molecule has 0 amide bonds. The molecule has 3 rings (SSSR count). The first kappa shape index (κ1) is 16.8. The van der Waals surface area contributed by atoms with E-state index >= 15 is 0 Å². The zero-order valence-corrected chi connectivity index (χ0v) is 14.6. The van der Waals surface area contributed by atoms with Gasteiger partial charge in [-0.15, -0.1) is 0 Å². The topological polar surface area (TPSA) is 74.8 Å². The van der Waals surface area contributed by atoms with Crippen molar-refractivity contribution >= 4 is 31.0 Å². The van der Waals surface area contributed by atoms with E-state index in [2.05, 4.69) is 0 Å². The van der Waals surface area contributed by atoms with E-state index < -0.39 is 19.7 Å². The summed E-state index contributed by atoms with van der Waals surface area (Å²) >= 11 is 0. The van der Waals surface area contributed by atoms with Crippen molar-refractivity contribution in [2.24, 2.45) is 0 Å². The molecule has 0 saturated carbocycles. The Morgan fingerprint density at radius 1 is 0.542 bits per heavy atom. The highest BCUT2D eigenvalue weighted by Crippen LogP contribution is 2.22. The van der Waals surface area contributed by atoms with Crippen LogP contribution in [0.2, 0.25) is 0 Å². The second kappa shape index (κ2) is 6.45. The SMILES string of the molecule is O=S1(=O)CN(c2ccccc2)CS(=O)(=O)CN(c2ccccc2)C1. The largest absolute Gasteiger partial charge is 0.343 e. The fourth-order valence-electron chi connectivity index (χ4n) is 2.68. The summed E-state index contributed by atoms with van der Waals surface area (Å²) in [5.41, 5.74) is 1.16. The molecule has 8 heteroatoms. The van der Waals surface area contributed by atoms with Crippen LogP contribution in [0.3, 0.4) is 0 Å². The fourth-order valence-corrected chi connectivity index (χ4v) is 5.94. The van der Waals surface area contributed by atoms with Crippen molar-refractivity contribution in [2.45, 2.75) is 0 Å². The van der Waals surface area contributed by atoms with Crippen LogP contribution in [0.25, 0.3) is 0 Å². The molecule has 1 heterocycles. The van der Waals surface area contributed by atoms with Crippen LogP contribution >= 0.6 is 0 Å². The lowest BCUT2D eigenvalue weighted by molar-refractivity contribution is 0.581. The van der Waals surface area contributed by atoms with Gasteiger partial charge in [0.15, 0.2) is 19.7 Å². The average Bonchev–Trinajstić information content (AvgIpc) is 2.53. The van der Waals surface area contributed by atoms with E-state index in [1.165, 1.54) is 9.80 Å². The van der Waals surface area contributed by atoms with Gasteiger partial charge >= 0.3 is 0 Å². The first-order chi connectivity index (χ1) is 11.3. The Morgan fingerprint density at radius 3 is 1.12 bits per heavy atom. The fraction of sp³-hybridized carbons (Fsp3) is 0.250. The summed E-state index contributed by atoms with van der Waals surface area (Å²) in [5.74, 6) is -1.34. The summed E-state index contributed by atoms with van der Waals surface area (Å²) in [6.07, 6.45) is 0. The first-order valence-electron chi connectivity index (χ1n) is 7.35. The summed E-state index contributed by atoms with van der Waals surface area (Å²) < 4.78 is 50.1. The van der Waals surface area contributed by atoms with Crippen molar-refractivity contribution in [3.05, 3.63) is 60.7 Å². The summed E-state index contributed by atoms with van der Waals surface area (Å²) in [6.45, 7) is 0. The van der Waals surface area contributed by atoms with Gasteiger partial charge in [0.05, 0.1) is 0 Å². The summed E-state index contributed by atoms with van der Waals surface area (Å²) in [7, 11) is -7.00. The van der Waals surface area contributed by atoms with Crippen molar-refractivity contribution in [1.82, 2.24) is 0 Å². The number of nitrogens with zero attached hydrogens (tertiary/aromatic N) is 2. The summed E-state index contributed by atoms with van der Waals surface area (Å²) in [4.78, 5) is 2.79. The molecule has 1 aliphatic heterocycles. The van der Waals surface area contributed by atoms with Gasteiger partial charge in [0, 0.05) is 11.4 Å². The molecule has 0 atom stereocenters.